The Balaban J connectivity index is 0.000000110. The minimum Gasteiger partial charge on any atom is -0.309 e. The first-order valence-corrected chi connectivity index (χ1v) is 45.1. The zero-order valence-electron chi connectivity index (χ0n) is 73.6. The summed E-state index contributed by atoms with van der Waals surface area (Å²) in [5.74, 6) is 5.80. The molecule has 6 heterocycles. The van der Waals surface area contributed by atoms with Gasteiger partial charge in [-0.05, 0) is 108 Å². The summed E-state index contributed by atoms with van der Waals surface area (Å²) < 4.78 is 7.00. The van der Waals surface area contributed by atoms with Crippen molar-refractivity contribution >= 4 is 65.4 Å². The highest BCUT2D eigenvalue weighted by Crippen LogP contribution is 2.57. The number of hydrogen-bond acceptors (Lipinski definition) is 9. The zero-order chi connectivity index (χ0) is 88.5. The lowest BCUT2D eigenvalue weighted by Crippen LogP contribution is -2.17. The van der Waals surface area contributed by atoms with Crippen molar-refractivity contribution in [3.63, 3.8) is 0 Å². The molecule has 6 aromatic heterocycles. The lowest BCUT2D eigenvalue weighted by Gasteiger charge is -2.23. The highest BCUT2D eigenvalue weighted by molar-refractivity contribution is 6.16. The first-order valence-electron chi connectivity index (χ1n) is 45.1. The Hall–Kier alpha value is -16.8. The van der Waals surface area contributed by atoms with Crippen LogP contribution in [0.5, 0.6) is 0 Å². The molecule has 0 saturated heterocycles. The fourth-order valence-corrected chi connectivity index (χ4v) is 21.0. The number of hydrogen-bond donors (Lipinski definition) is 0. The van der Waals surface area contributed by atoms with Crippen LogP contribution in [0.15, 0.2) is 413 Å². The summed E-state index contributed by atoms with van der Waals surface area (Å²) in [7, 11) is 0. The van der Waals surface area contributed by atoms with Crippen molar-refractivity contribution in [1.29, 1.82) is 0 Å². The molecule has 132 heavy (non-hydrogen) atoms. The molecule has 0 bridgehead atoms. The Morgan fingerprint density at radius 3 is 0.803 bits per heavy atom. The Kier molecular flexibility index (Phi) is 18.6. The summed E-state index contributed by atoms with van der Waals surface area (Å²) in [6.07, 6.45) is 0. The number of fused-ring (bicyclic) bond motifs is 21. The summed E-state index contributed by atoms with van der Waals surface area (Å²) in [5.41, 5.74) is 32.2. The molecular weight excluding hydrogens is 1610 g/mol. The van der Waals surface area contributed by atoms with Gasteiger partial charge in [-0.3, -0.25) is 9.13 Å². The molecule has 3 aliphatic carbocycles. The van der Waals surface area contributed by atoms with Gasteiger partial charge in [-0.25, -0.2) is 24.9 Å². The van der Waals surface area contributed by atoms with Gasteiger partial charge >= 0.3 is 0 Å². The van der Waals surface area contributed by atoms with E-state index in [1.54, 1.807) is 0 Å². The summed E-state index contributed by atoms with van der Waals surface area (Å²) >= 11 is 0. The number of para-hydroxylation sites is 2. The van der Waals surface area contributed by atoms with Crippen LogP contribution in [0.3, 0.4) is 0 Å². The van der Waals surface area contributed by atoms with Crippen LogP contribution >= 0.6 is 0 Å². The van der Waals surface area contributed by atoms with E-state index < -0.39 is 0 Å². The van der Waals surface area contributed by atoms with Crippen LogP contribution in [-0.4, -0.2) is 58.6 Å². The third-order valence-electron chi connectivity index (χ3n) is 27.1. The maximum absolute atomic E-state index is 5.24. The molecular formula is C120H86N12. The third kappa shape index (κ3) is 12.9. The summed E-state index contributed by atoms with van der Waals surface area (Å²) in [6, 6.07) is 144. The van der Waals surface area contributed by atoms with E-state index in [-0.39, 0.29) is 16.2 Å². The highest BCUT2D eigenvalue weighted by Gasteiger charge is 2.42. The van der Waals surface area contributed by atoms with Crippen molar-refractivity contribution in [3.8, 4) is 142 Å². The van der Waals surface area contributed by atoms with Gasteiger partial charge in [-0.1, -0.05) is 424 Å². The lowest BCUT2D eigenvalue weighted by molar-refractivity contribution is 0.663. The second-order valence-electron chi connectivity index (χ2n) is 35.9. The molecule has 0 N–H and O–H groups in total. The minimum atomic E-state index is -0.225. The van der Waals surface area contributed by atoms with Crippen molar-refractivity contribution in [2.75, 3.05) is 0 Å². The average molecular weight is 1700 g/mol. The van der Waals surface area contributed by atoms with Crippen LogP contribution in [0, 0.1) is 0 Å². The molecule has 0 fully saturated rings. The molecule has 17 aromatic carbocycles. The van der Waals surface area contributed by atoms with E-state index in [2.05, 4.69) is 334 Å². The molecule has 26 rings (SSSR count). The topological polar surface area (TPSA) is 131 Å². The van der Waals surface area contributed by atoms with Gasteiger partial charge in [0.1, 0.15) is 0 Å². The predicted octanol–water partition coefficient (Wildman–Crippen LogP) is 29.2. The SMILES string of the molecule is CC1(C)c2ccccc2-c2ccc3c4ccc(-c5ccccc5)cc4n(-c4nc(-c5ccccc5)nc(-c5ccccc5)n4)c3c21.CC1(C)c2ccccc2-c2ccc3c4ccccc4n(-c4cccc(-c5nc(-c6ccccc6)nc(-c6ccccc6)n5)c4)c3c21.CC1(C)c2ccccc2-c2ccc3c4ccccc4n(-c4nc(-c5ccccc5)nc(-c5ccccc5)n4)c3c21. The van der Waals surface area contributed by atoms with E-state index in [0.717, 1.165) is 72.3 Å². The van der Waals surface area contributed by atoms with Gasteiger partial charge in [0.2, 0.25) is 11.9 Å². The summed E-state index contributed by atoms with van der Waals surface area (Å²) in [4.78, 5) is 45.6. The summed E-state index contributed by atoms with van der Waals surface area (Å²) in [5, 5.41) is 7.27. The molecule has 0 spiro atoms. The van der Waals surface area contributed by atoms with Gasteiger partial charge in [0.15, 0.2) is 40.8 Å². The molecule has 0 saturated carbocycles. The second-order valence-corrected chi connectivity index (χ2v) is 35.9. The largest absolute Gasteiger partial charge is 0.309 e. The van der Waals surface area contributed by atoms with Crippen molar-refractivity contribution < 1.29 is 0 Å². The van der Waals surface area contributed by atoms with E-state index in [9.17, 15) is 0 Å². The number of nitrogens with zero attached hydrogens (tertiary/aromatic N) is 12. The Bertz CT molecular complexity index is 8340. The van der Waals surface area contributed by atoms with E-state index in [0.29, 0.717) is 52.7 Å². The van der Waals surface area contributed by atoms with Gasteiger partial charge in [0.05, 0.1) is 33.1 Å². The zero-order valence-corrected chi connectivity index (χ0v) is 73.6. The molecule has 0 radical (unpaired) electrons. The van der Waals surface area contributed by atoms with E-state index in [1.165, 1.54) is 116 Å². The van der Waals surface area contributed by atoms with Crippen molar-refractivity contribution in [3.05, 3.63) is 446 Å². The number of aromatic nitrogens is 12. The van der Waals surface area contributed by atoms with Gasteiger partial charge < -0.3 is 4.57 Å². The fourth-order valence-electron chi connectivity index (χ4n) is 21.0. The van der Waals surface area contributed by atoms with Gasteiger partial charge in [-0.2, -0.15) is 19.9 Å². The van der Waals surface area contributed by atoms with Crippen molar-refractivity contribution in [2.24, 2.45) is 0 Å². The van der Waals surface area contributed by atoms with E-state index >= 15 is 0 Å². The first kappa shape index (κ1) is 78.6. The molecule has 0 unspecified atom stereocenters. The van der Waals surface area contributed by atoms with Crippen LogP contribution in [-0.2, 0) is 16.2 Å². The van der Waals surface area contributed by atoms with E-state index in [1.807, 2.05) is 133 Å². The lowest BCUT2D eigenvalue weighted by atomic mass is 9.81. The highest BCUT2D eigenvalue weighted by atomic mass is 15.2. The number of benzene rings is 17. The van der Waals surface area contributed by atoms with Crippen LogP contribution in [0.4, 0.5) is 0 Å². The second kappa shape index (κ2) is 31.3. The smallest absolute Gasteiger partial charge is 0.238 e. The number of rotatable bonds is 11. The quantitative estimate of drug-likeness (QED) is 0.124. The van der Waals surface area contributed by atoms with Gasteiger partial charge in [0, 0.05) is 93.2 Å². The standard InChI is InChI=1S/2C42H30N4.C36H26N4/c1-42(2)35-21-13-12-20-31(35)33-24-25-34-32-23-22-30(27-14-6-3-7-15-27)26-36(32)46(38(34)37(33)42)41-44-39(28-16-8-4-9-17-28)43-40(45-41)29-18-10-5-11-19-29;1-42(2)35-22-11-9-20-31(35)33-24-25-34-32-21-10-12-23-36(32)46(38(34)37(33)42)30-19-13-18-29(26-30)41-44-39(27-14-5-3-6-15-27)43-40(45-41)28-16-7-4-8-17-28;1-36(2)29-19-11-9-17-25(29)27-21-22-28-26-18-10-12-20-30(26)40(32(28)31(27)36)35-38-33(23-13-5-3-6-14-23)37-34(39-35)24-15-7-4-8-16-24/h2*3-26H,1-2H3;3-22H,1-2H3. The predicted molar refractivity (Wildman–Crippen MR) is 539 cm³/mol. The monoisotopic (exact) mass is 1690 g/mol. The average Bonchev–Trinajstić information content (AvgIpc) is 1.54. The normalized spacial score (nSPS) is 13.3. The van der Waals surface area contributed by atoms with E-state index in [4.69, 9.17) is 44.9 Å². The summed E-state index contributed by atoms with van der Waals surface area (Å²) in [6.45, 7) is 14.1. The molecule has 0 aliphatic heterocycles. The Morgan fingerprint density at radius 1 is 0.174 bits per heavy atom. The third-order valence-corrected chi connectivity index (χ3v) is 27.1. The van der Waals surface area contributed by atoms with Crippen LogP contribution in [0.25, 0.3) is 207 Å². The van der Waals surface area contributed by atoms with Crippen molar-refractivity contribution in [1.82, 2.24) is 58.6 Å². The maximum atomic E-state index is 5.24. The van der Waals surface area contributed by atoms with Crippen LogP contribution < -0.4 is 0 Å². The molecule has 23 aromatic rings. The van der Waals surface area contributed by atoms with Crippen molar-refractivity contribution in [2.45, 2.75) is 57.8 Å². The minimum absolute atomic E-state index is 0.154. The maximum Gasteiger partial charge on any atom is 0.238 e. The molecule has 12 heteroatoms. The van der Waals surface area contributed by atoms with Gasteiger partial charge in [-0.15, -0.1) is 0 Å². The Morgan fingerprint density at radius 2 is 0.439 bits per heavy atom. The van der Waals surface area contributed by atoms with Crippen LogP contribution in [0.2, 0.25) is 0 Å². The molecule has 0 amide bonds. The van der Waals surface area contributed by atoms with Crippen LogP contribution in [0.1, 0.15) is 74.9 Å². The molecule has 3 aliphatic rings. The fraction of sp³-hybridized carbons (Fsp3) is 0.0750. The molecule has 626 valence electrons. The Labute approximate surface area is 764 Å². The molecule has 0 atom stereocenters. The molecule has 12 nitrogen and oxygen atoms in total. The first-order chi connectivity index (χ1) is 64.8. The van der Waals surface area contributed by atoms with Gasteiger partial charge in [0.25, 0.3) is 0 Å².